The largest absolute Gasteiger partial charge is 0.329 e. The van der Waals surface area contributed by atoms with Crippen LogP contribution in [0.1, 0.15) is 31.0 Å². The molecule has 2 aromatic carbocycles. The number of nitrogens with one attached hydrogen (secondary N) is 1. The van der Waals surface area contributed by atoms with Gasteiger partial charge in [-0.05, 0) is 54.8 Å². The number of aromatic nitrogens is 3. The van der Waals surface area contributed by atoms with E-state index in [0.717, 1.165) is 23.0 Å². The average Bonchev–Trinajstić information content (AvgIpc) is 3.08. The third-order valence-corrected chi connectivity index (χ3v) is 5.08. The van der Waals surface area contributed by atoms with Crippen LogP contribution in [0.5, 0.6) is 0 Å². The molecule has 6 nitrogen and oxygen atoms in total. The molecule has 2 heterocycles. The molecule has 1 N–H and O–H groups in total. The smallest absolute Gasteiger partial charge is 0.326 e. The summed E-state index contributed by atoms with van der Waals surface area (Å²) in [7, 11) is 0. The molecule has 1 amide bonds. The fraction of sp³-hybridized carbons (Fsp3) is 0.192. The van der Waals surface area contributed by atoms with Crippen molar-refractivity contribution < 1.29 is 4.79 Å². The average molecular weight is 425 g/mol. The molecule has 32 heavy (non-hydrogen) atoms. The maximum absolute atomic E-state index is 12.9. The Kier molecular flexibility index (Phi) is 6.47. The van der Waals surface area contributed by atoms with Crippen LogP contribution in [0.2, 0.25) is 0 Å². The number of aryl methyl sites for hydroxylation is 2. The third-order valence-electron chi connectivity index (χ3n) is 5.08. The molecule has 0 bridgehead atoms. The summed E-state index contributed by atoms with van der Waals surface area (Å²) >= 11 is 0. The molecule has 0 aliphatic rings. The minimum absolute atomic E-state index is 0.0763. The third kappa shape index (κ3) is 4.79. The standard InChI is InChI=1S/C26H24N4O2/c1-2-17-29-23-11-3-4-12-24(23)30(26(29)32)18-15-25(31)28-22-10-7-8-20(19-22)13-14-21-9-5-6-16-27-21/h3-12,16,19H,2,15,17-18H2,1H3,(H,28,31). The molecule has 0 spiro atoms. The molecule has 4 rings (SSSR count). The van der Waals surface area contributed by atoms with E-state index in [-0.39, 0.29) is 18.0 Å². The van der Waals surface area contributed by atoms with Gasteiger partial charge < -0.3 is 5.32 Å². The molecule has 0 aliphatic carbocycles. The number of fused-ring (bicyclic) bond motifs is 1. The zero-order valence-electron chi connectivity index (χ0n) is 17.9. The second kappa shape index (κ2) is 9.80. The molecule has 0 aliphatic heterocycles. The Bertz CT molecular complexity index is 1360. The Morgan fingerprint density at radius 3 is 2.41 bits per heavy atom. The Hall–Kier alpha value is -4.11. The number of amides is 1. The lowest BCUT2D eigenvalue weighted by Gasteiger charge is -2.07. The Balaban J connectivity index is 1.45. The highest BCUT2D eigenvalue weighted by molar-refractivity contribution is 5.91. The van der Waals surface area contributed by atoms with Crippen molar-refractivity contribution in [1.29, 1.82) is 0 Å². The fourth-order valence-electron chi connectivity index (χ4n) is 3.61. The van der Waals surface area contributed by atoms with E-state index in [1.807, 2.05) is 73.7 Å². The summed E-state index contributed by atoms with van der Waals surface area (Å²) in [4.78, 5) is 29.6. The normalized spacial score (nSPS) is 10.5. The first-order valence-corrected chi connectivity index (χ1v) is 10.7. The van der Waals surface area contributed by atoms with Gasteiger partial charge in [-0.15, -0.1) is 0 Å². The molecular weight excluding hydrogens is 400 g/mol. The number of hydrogen-bond donors (Lipinski definition) is 1. The van der Waals surface area contributed by atoms with Gasteiger partial charge in [-0.25, -0.2) is 9.78 Å². The monoisotopic (exact) mass is 424 g/mol. The summed E-state index contributed by atoms with van der Waals surface area (Å²) in [5, 5.41) is 2.91. The Morgan fingerprint density at radius 1 is 0.938 bits per heavy atom. The summed E-state index contributed by atoms with van der Waals surface area (Å²) in [6.45, 7) is 3.02. The van der Waals surface area contributed by atoms with Crippen LogP contribution in [0.4, 0.5) is 5.69 Å². The van der Waals surface area contributed by atoms with Crippen molar-refractivity contribution in [3.8, 4) is 11.8 Å². The second-order valence-electron chi connectivity index (χ2n) is 7.42. The highest BCUT2D eigenvalue weighted by Gasteiger charge is 2.13. The molecule has 0 fully saturated rings. The second-order valence-corrected chi connectivity index (χ2v) is 7.42. The number of carbonyl (C=O) groups is 1. The van der Waals surface area contributed by atoms with E-state index in [0.29, 0.717) is 24.5 Å². The van der Waals surface area contributed by atoms with Crippen molar-refractivity contribution >= 4 is 22.6 Å². The van der Waals surface area contributed by atoms with Crippen molar-refractivity contribution in [2.24, 2.45) is 0 Å². The number of carbonyl (C=O) groups excluding carboxylic acids is 1. The van der Waals surface area contributed by atoms with Crippen molar-refractivity contribution in [3.63, 3.8) is 0 Å². The van der Waals surface area contributed by atoms with Gasteiger partial charge in [0.15, 0.2) is 0 Å². The number of anilines is 1. The number of pyridine rings is 1. The highest BCUT2D eigenvalue weighted by atomic mass is 16.2. The van der Waals surface area contributed by atoms with Crippen LogP contribution in [0.3, 0.4) is 0 Å². The summed E-state index contributed by atoms with van der Waals surface area (Å²) in [5.41, 5.74) is 3.82. The van der Waals surface area contributed by atoms with Crippen molar-refractivity contribution in [1.82, 2.24) is 14.1 Å². The van der Waals surface area contributed by atoms with Crippen LogP contribution >= 0.6 is 0 Å². The van der Waals surface area contributed by atoms with Crippen LogP contribution in [0, 0.1) is 11.8 Å². The molecule has 4 aromatic rings. The van der Waals surface area contributed by atoms with Crippen molar-refractivity contribution in [2.75, 3.05) is 5.32 Å². The lowest BCUT2D eigenvalue weighted by molar-refractivity contribution is -0.116. The number of para-hydroxylation sites is 2. The first kappa shape index (κ1) is 21.1. The number of rotatable bonds is 6. The van der Waals surface area contributed by atoms with Gasteiger partial charge in [0.25, 0.3) is 0 Å². The number of nitrogens with zero attached hydrogens (tertiary/aromatic N) is 3. The van der Waals surface area contributed by atoms with Gasteiger partial charge in [-0.1, -0.05) is 37.1 Å². The fourth-order valence-corrected chi connectivity index (χ4v) is 3.61. The molecule has 0 saturated carbocycles. The summed E-state index contributed by atoms with van der Waals surface area (Å²) in [6, 6.07) is 20.7. The van der Waals surface area contributed by atoms with Crippen LogP contribution in [0.25, 0.3) is 11.0 Å². The minimum atomic E-state index is -0.154. The van der Waals surface area contributed by atoms with Gasteiger partial charge in [0.2, 0.25) is 5.91 Å². The van der Waals surface area contributed by atoms with Gasteiger partial charge in [0.1, 0.15) is 5.69 Å². The summed E-state index contributed by atoms with van der Waals surface area (Å²) in [6.07, 6.45) is 2.77. The van der Waals surface area contributed by atoms with Crippen molar-refractivity contribution in [2.45, 2.75) is 32.9 Å². The van der Waals surface area contributed by atoms with Crippen LogP contribution in [-0.2, 0) is 17.9 Å². The molecule has 0 atom stereocenters. The SMILES string of the molecule is CCCn1c(=O)n(CCC(=O)Nc2cccc(C#Cc3ccccn3)c2)c2ccccc21. The van der Waals surface area contributed by atoms with E-state index in [4.69, 9.17) is 0 Å². The zero-order chi connectivity index (χ0) is 22.3. The maximum Gasteiger partial charge on any atom is 0.329 e. The topological polar surface area (TPSA) is 68.9 Å². The van der Waals surface area contributed by atoms with E-state index in [9.17, 15) is 9.59 Å². The van der Waals surface area contributed by atoms with Gasteiger partial charge in [-0.2, -0.15) is 0 Å². The lowest BCUT2D eigenvalue weighted by atomic mass is 10.2. The number of benzene rings is 2. The van der Waals surface area contributed by atoms with Gasteiger partial charge in [0, 0.05) is 37.0 Å². The lowest BCUT2D eigenvalue weighted by Crippen LogP contribution is -2.26. The Labute approximate surface area is 186 Å². The minimum Gasteiger partial charge on any atom is -0.326 e. The molecule has 0 radical (unpaired) electrons. The van der Waals surface area contributed by atoms with E-state index >= 15 is 0 Å². The Morgan fingerprint density at radius 2 is 1.69 bits per heavy atom. The number of hydrogen-bond acceptors (Lipinski definition) is 3. The molecule has 6 heteroatoms. The van der Waals surface area contributed by atoms with E-state index < -0.39 is 0 Å². The summed E-state index contributed by atoms with van der Waals surface area (Å²) in [5.74, 6) is 5.92. The first-order valence-electron chi connectivity index (χ1n) is 10.7. The van der Waals surface area contributed by atoms with Crippen LogP contribution < -0.4 is 11.0 Å². The maximum atomic E-state index is 12.9. The quantitative estimate of drug-likeness (QED) is 0.475. The molecule has 0 saturated heterocycles. The molecule has 160 valence electrons. The van der Waals surface area contributed by atoms with Gasteiger partial charge in [-0.3, -0.25) is 13.9 Å². The molecule has 2 aromatic heterocycles. The predicted octanol–water partition coefficient (Wildman–Crippen LogP) is 4.04. The van der Waals surface area contributed by atoms with E-state index in [1.165, 1.54) is 0 Å². The predicted molar refractivity (Wildman–Crippen MR) is 126 cm³/mol. The highest BCUT2D eigenvalue weighted by Crippen LogP contribution is 2.14. The van der Waals surface area contributed by atoms with Crippen LogP contribution in [-0.4, -0.2) is 20.0 Å². The molecule has 0 unspecified atom stereocenters. The number of imidazole rings is 1. The van der Waals surface area contributed by atoms with Gasteiger partial charge >= 0.3 is 5.69 Å². The molecular formula is C26H24N4O2. The summed E-state index contributed by atoms with van der Waals surface area (Å²) < 4.78 is 3.45. The van der Waals surface area contributed by atoms with E-state index in [2.05, 4.69) is 22.1 Å². The zero-order valence-corrected chi connectivity index (χ0v) is 17.9. The van der Waals surface area contributed by atoms with Gasteiger partial charge in [0.05, 0.1) is 11.0 Å². The first-order chi connectivity index (χ1) is 15.7. The van der Waals surface area contributed by atoms with Crippen molar-refractivity contribution in [3.05, 3.63) is 94.7 Å². The van der Waals surface area contributed by atoms with E-state index in [1.54, 1.807) is 15.3 Å². The van der Waals surface area contributed by atoms with Crippen LogP contribution in [0.15, 0.2) is 77.7 Å².